The van der Waals surface area contributed by atoms with Crippen LogP contribution in [0.1, 0.15) is 52.0 Å². The molecule has 19 heavy (non-hydrogen) atoms. The molecule has 0 radical (unpaired) electrons. The summed E-state index contributed by atoms with van der Waals surface area (Å²) in [5.74, 6) is 0. The molecule has 0 aliphatic rings. The lowest BCUT2D eigenvalue weighted by atomic mass is 9.88. The maximum atomic E-state index is 9.49. The second kappa shape index (κ2) is 5.72. The largest absolute Gasteiger partial charge is 0.391 e. The molecule has 3 unspecified atom stereocenters. The summed E-state index contributed by atoms with van der Waals surface area (Å²) in [6, 6.07) is 2.14. The summed E-state index contributed by atoms with van der Waals surface area (Å²) < 4.78 is 7.32. The molecule has 0 saturated carbocycles. The molecule has 0 aromatic carbocycles. The van der Waals surface area contributed by atoms with Crippen molar-refractivity contribution < 1.29 is 9.84 Å². The Morgan fingerprint density at radius 3 is 2.42 bits per heavy atom. The summed E-state index contributed by atoms with van der Waals surface area (Å²) in [6.45, 7) is 9.54. The normalized spacial score (nSPS) is 16.7. The summed E-state index contributed by atoms with van der Waals surface area (Å²) in [5, 5.41) is 23.2. The van der Waals surface area contributed by atoms with E-state index in [-0.39, 0.29) is 5.41 Å². The average Bonchev–Trinajstić information content (AvgIpc) is 2.67. The molecule has 0 aliphatic carbocycles. The van der Waals surface area contributed by atoms with Gasteiger partial charge in [0.2, 0.25) is 0 Å². The topological polar surface area (TPSA) is 71.1 Å². The summed E-state index contributed by atoms with van der Waals surface area (Å²) in [5.41, 5.74) is 1.45. The van der Waals surface area contributed by atoms with Gasteiger partial charge in [-0.3, -0.25) is 4.68 Å². The molecular weight excluding hydrogens is 242 g/mol. The first-order valence-electron chi connectivity index (χ1n) is 6.44. The van der Waals surface area contributed by atoms with Crippen LogP contribution < -0.4 is 0 Å². The SMILES string of the molecule is CC(O)C(C)OC(C#N)c1cn(C)nc1C(C)(C)C. The maximum absolute atomic E-state index is 9.49. The minimum absolute atomic E-state index is 0.164. The number of hydrogen-bond donors (Lipinski definition) is 1. The second-order valence-electron chi connectivity index (χ2n) is 5.95. The molecule has 3 atom stereocenters. The van der Waals surface area contributed by atoms with Crippen LogP contribution in [-0.4, -0.2) is 27.1 Å². The molecule has 106 valence electrons. The van der Waals surface area contributed by atoms with Crippen LogP contribution >= 0.6 is 0 Å². The van der Waals surface area contributed by atoms with Gasteiger partial charge in [-0.25, -0.2) is 0 Å². The molecule has 0 saturated heterocycles. The quantitative estimate of drug-likeness (QED) is 0.904. The fourth-order valence-electron chi connectivity index (χ4n) is 1.78. The van der Waals surface area contributed by atoms with Crippen molar-refractivity contribution in [2.75, 3.05) is 0 Å². The summed E-state index contributed by atoms with van der Waals surface area (Å²) in [6.07, 6.45) is 0.0688. The van der Waals surface area contributed by atoms with E-state index < -0.39 is 18.3 Å². The predicted molar refractivity (Wildman–Crippen MR) is 72.5 cm³/mol. The van der Waals surface area contributed by atoms with Gasteiger partial charge in [0.1, 0.15) is 0 Å². The summed E-state index contributed by atoms with van der Waals surface area (Å²) in [7, 11) is 1.82. The highest BCUT2D eigenvalue weighted by Gasteiger charge is 2.28. The van der Waals surface area contributed by atoms with Crippen LogP contribution in [0.3, 0.4) is 0 Å². The van der Waals surface area contributed by atoms with Crippen molar-refractivity contribution in [3.05, 3.63) is 17.5 Å². The van der Waals surface area contributed by atoms with Crippen molar-refractivity contribution in [2.45, 2.75) is 58.3 Å². The third kappa shape index (κ3) is 3.79. The number of hydrogen-bond acceptors (Lipinski definition) is 4. The monoisotopic (exact) mass is 265 g/mol. The van der Waals surface area contributed by atoms with Gasteiger partial charge in [0.05, 0.1) is 24.0 Å². The number of aliphatic hydroxyl groups is 1. The first-order valence-corrected chi connectivity index (χ1v) is 6.44. The van der Waals surface area contributed by atoms with E-state index in [0.29, 0.717) is 0 Å². The molecule has 1 aromatic rings. The first kappa shape index (κ1) is 15.7. The highest BCUT2D eigenvalue weighted by Crippen LogP contribution is 2.30. The lowest BCUT2D eigenvalue weighted by molar-refractivity contribution is -0.0430. The second-order valence-corrected chi connectivity index (χ2v) is 5.95. The number of aromatic nitrogens is 2. The molecule has 5 heteroatoms. The Morgan fingerprint density at radius 2 is 2.00 bits per heavy atom. The number of rotatable bonds is 4. The minimum Gasteiger partial charge on any atom is -0.391 e. The minimum atomic E-state index is -0.715. The Hall–Kier alpha value is -1.38. The fraction of sp³-hybridized carbons (Fsp3) is 0.714. The van der Waals surface area contributed by atoms with Gasteiger partial charge in [0, 0.05) is 24.2 Å². The van der Waals surface area contributed by atoms with Crippen molar-refractivity contribution >= 4 is 0 Å². The van der Waals surface area contributed by atoms with E-state index in [2.05, 4.69) is 11.2 Å². The van der Waals surface area contributed by atoms with Gasteiger partial charge >= 0.3 is 0 Å². The lowest BCUT2D eigenvalue weighted by Gasteiger charge is -2.22. The fourth-order valence-corrected chi connectivity index (χ4v) is 1.78. The molecular formula is C14H23N3O2. The number of aryl methyl sites for hydroxylation is 1. The van der Waals surface area contributed by atoms with Gasteiger partial charge in [-0.05, 0) is 13.8 Å². The van der Waals surface area contributed by atoms with E-state index in [1.807, 2.05) is 34.0 Å². The Balaban J connectivity index is 3.10. The molecule has 0 bridgehead atoms. The highest BCUT2D eigenvalue weighted by atomic mass is 16.5. The van der Waals surface area contributed by atoms with Crippen LogP contribution in [0.5, 0.6) is 0 Å². The molecule has 0 aliphatic heterocycles. The lowest BCUT2D eigenvalue weighted by Crippen LogP contribution is -2.25. The number of aliphatic hydroxyl groups excluding tert-OH is 1. The summed E-state index contributed by atoms with van der Waals surface area (Å²) >= 11 is 0. The molecule has 1 heterocycles. The third-order valence-electron chi connectivity index (χ3n) is 3.00. The van der Waals surface area contributed by atoms with Crippen molar-refractivity contribution in [1.82, 2.24) is 9.78 Å². The van der Waals surface area contributed by atoms with Gasteiger partial charge in [-0.1, -0.05) is 20.8 Å². The molecule has 1 rings (SSSR count). The Morgan fingerprint density at radius 1 is 1.42 bits per heavy atom. The Kier molecular flexibility index (Phi) is 4.72. The average molecular weight is 265 g/mol. The van der Waals surface area contributed by atoms with Crippen LogP contribution in [0.25, 0.3) is 0 Å². The first-order chi connectivity index (χ1) is 8.66. The van der Waals surface area contributed by atoms with E-state index in [9.17, 15) is 10.4 Å². The highest BCUT2D eigenvalue weighted by molar-refractivity contribution is 5.29. The molecule has 0 fully saturated rings. The van der Waals surface area contributed by atoms with Crippen LogP contribution in [-0.2, 0) is 17.2 Å². The van der Waals surface area contributed by atoms with Crippen LogP contribution in [0.2, 0.25) is 0 Å². The van der Waals surface area contributed by atoms with Crippen molar-refractivity contribution in [3.63, 3.8) is 0 Å². The zero-order valence-electron chi connectivity index (χ0n) is 12.5. The predicted octanol–water partition coefficient (Wildman–Crippen LogP) is 2.07. The molecule has 0 spiro atoms. The molecule has 1 N–H and O–H groups in total. The molecule has 0 amide bonds. The Bertz CT molecular complexity index is 466. The zero-order valence-corrected chi connectivity index (χ0v) is 12.5. The van der Waals surface area contributed by atoms with E-state index in [1.54, 1.807) is 18.5 Å². The van der Waals surface area contributed by atoms with Crippen LogP contribution in [0.15, 0.2) is 6.20 Å². The van der Waals surface area contributed by atoms with E-state index in [4.69, 9.17) is 4.74 Å². The number of ether oxygens (including phenoxy) is 1. The van der Waals surface area contributed by atoms with Crippen molar-refractivity contribution in [2.24, 2.45) is 7.05 Å². The zero-order chi connectivity index (χ0) is 14.8. The number of nitrogens with zero attached hydrogens (tertiary/aromatic N) is 3. The number of nitriles is 1. The van der Waals surface area contributed by atoms with Crippen LogP contribution in [0.4, 0.5) is 0 Å². The Labute approximate surface area is 114 Å². The van der Waals surface area contributed by atoms with Crippen molar-refractivity contribution in [3.8, 4) is 6.07 Å². The van der Waals surface area contributed by atoms with Crippen LogP contribution in [0, 0.1) is 11.3 Å². The van der Waals surface area contributed by atoms with Gasteiger partial charge in [-0.15, -0.1) is 0 Å². The smallest absolute Gasteiger partial charge is 0.172 e. The maximum Gasteiger partial charge on any atom is 0.172 e. The molecule has 5 nitrogen and oxygen atoms in total. The van der Waals surface area contributed by atoms with E-state index in [0.717, 1.165) is 11.3 Å². The van der Waals surface area contributed by atoms with Gasteiger partial charge in [0.15, 0.2) is 6.10 Å². The van der Waals surface area contributed by atoms with Crippen molar-refractivity contribution in [1.29, 1.82) is 5.26 Å². The van der Waals surface area contributed by atoms with Gasteiger partial charge < -0.3 is 9.84 Å². The van der Waals surface area contributed by atoms with E-state index >= 15 is 0 Å². The standard InChI is InChI=1S/C14H23N3O2/c1-9(18)10(2)19-12(7-15)11-8-17(6)16-13(11)14(3,4)5/h8-10,12,18H,1-6H3. The third-order valence-corrected chi connectivity index (χ3v) is 3.00. The van der Waals surface area contributed by atoms with E-state index in [1.165, 1.54) is 0 Å². The summed E-state index contributed by atoms with van der Waals surface area (Å²) in [4.78, 5) is 0. The van der Waals surface area contributed by atoms with Gasteiger partial charge in [-0.2, -0.15) is 10.4 Å². The van der Waals surface area contributed by atoms with Gasteiger partial charge in [0.25, 0.3) is 0 Å². The molecule has 1 aromatic heterocycles.